The molecule has 4 nitrogen and oxygen atoms in total. The van der Waals surface area contributed by atoms with Crippen molar-refractivity contribution in [1.82, 2.24) is 4.57 Å². The number of pyridine rings is 1. The Hall–Kier alpha value is -2.46. The van der Waals surface area contributed by atoms with Crippen LogP contribution in [0.5, 0.6) is 0 Å². The lowest BCUT2D eigenvalue weighted by atomic mass is 10.1. The van der Waals surface area contributed by atoms with E-state index in [2.05, 4.69) is 29.7 Å². The van der Waals surface area contributed by atoms with E-state index in [1.54, 1.807) is 0 Å². The second-order valence-corrected chi connectivity index (χ2v) is 7.20. The van der Waals surface area contributed by atoms with Crippen molar-refractivity contribution in [2.75, 3.05) is 6.61 Å². The topological polar surface area (TPSA) is 35.1 Å². The van der Waals surface area contributed by atoms with Gasteiger partial charge in [0.2, 0.25) is 12.3 Å². The molecule has 0 bridgehead atoms. The monoisotopic (exact) mass is 349 g/mol. The van der Waals surface area contributed by atoms with Crippen molar-refractivity contribution in [3.63, 3.8) is 0 Å². The third-order valence-corrected chi connectivity index (χ3v) is 5.36. The van der Waals surface area contributed by atoms with Gasteiger partial charge in [-0.15, -0.1) is 0 Å². The molecule has 26 heavy (non-hydrogen) atoms. The summed E-state index contributed by atoms with van der Waals surface area (Å²) in [5.74, 6) is 0.150. The fourth-order valence-electron chi connectivity index (χ4n) is 3.88. The predicted molar refractivity (Wildman–Crippen MR) is 101 cm³/mol. The van der Waals surface area contributed by atoms with Crippen LogP contribution < -0.4 is 4.57 Å². The molecule has 1 aromatic carbocycles. The lowest BCUT2D eigenvalue weighted by Gasteiger charge is -2.14. The minimum absolute atomic E-state index is 0.150. The predicted octanol–water partition coefficient (Wildman–Crippen LogP) is 3.61. The first-order chi connectivity index (χ1) is 12.6. The van der Waals surface area contributed by atoms with Gasteiger partial charge >= 0.3 is 0 Å². The van der Waals surface area contributed by atoms with Crippen molar-refractivity contribution < 1.29 is 14.1 Å². The molecule has 4 rings (SSSR count). The molecule has 0 unspecified atom stereocenters. The molecule has 4 heteroatoms. The van der Waals surface area contributed by atoms with E-state index in [0.717, 1.165) is 48.3 Å². The number of aromatic nitrogens is 2. The van der Waals surface area contributed by atoms with E-state index in [4.69, 9.17) is 4.74 Å². The van der Waals surface area contributed by atoms with E-state index >= 15 is 0 Å². The Labute approximate surface area is 154 Å². The number of hydrogen-bond donors (Lipinski definition) is 0. The third-order valence-electron chi connectivity index (χ3n) is 5.36. The number of Topliss-reactive ketones (excluding diaryl/α,β-unsaturated/α-hetero) is 1. The van der Waals surface area contributed by atoms with Gasteiger partial charge in [-0.25, -0.2) is 0 Å². The number of rotatable bonds is 5. The largest absolute Gasteiger partial charge is 0.376 e. The summed E-state index contributed by atoms with van der Waals surface area (Å²) in [6.45, 7) is 6.17. The van der Waals surface area contributed by atoms with Gasteiger partial charge in [-0.3, -0.25) is 4.79 Å². The van der Waals surface area contributed by atoms with Gasteiger partial charge in [0, 0.05) is 41.6 Å². The zero-order chi connectivity index (χ0) is 18.1. The van der Waals surface area contributed by atoms with Gasteiger partial charge in [-0.2, -0.15) is 4.57 Å². The molecule has 1 aliphatic rings. The van der Waals surface area contributed by atoms with Crippen LogP contribution in [0.25, 0.3) is 10.8 Å². The molecule has 1 saturated heterocycles. The number of benzene rings is 1. The second-order valence-electron chi connectivity index (χ2n) is 7.20. The highest BCUT2D eigenvalue weighted by molar-refractivity contribution is 5.96. The molecule has 1 aliphatic heterocycles. The minimum Gasteiger partial charge on any atom is -0.376 e. The number of carbonyl (C=O) groups excluding carboxylic acids is 1. The molecule has 0 aliphatic carbocycles. The average molecular weight is 349 g/mol. The van der Waals surface area contributed by atoms with E-state index in [-0.39, 0.29) is 11.9 Å². The van der Waals surface area contributed by atoms with Gasteiger partial charge in [0.15, 0.2) is 12.4 Å². The Bertz CT molecular complexity index is 952. The highest BCUT2D eigenvalue weighted by Gasteiger charge is 2.22. The highest BCUT2D eigenvalue weighted by atomic mass is 16.5. The van der Waals surface area contributed by atoms with Gasteiger partial charge in [0.1, 0.15) is 0 Å². The maximum Gasteiger partial charge on any atom is 0.229 e. The fourth-order valence-corrected chi connectivity index (χ4v) is 3.88. The first kappa shape index (κ1) is 17.0. The molecule has 0 radical (unpaired) electrons. The smallest absolute Gasteiger partial charge is 0.229 e. The van der Waals surface area contributed by atoms with Crippen LogP contribution in [-0.2, 0) is 17.8 Å². The molecule has 1 fully saturated rings. The summed E-state index contributed by atoms with van der Waals surface area (Å²) in [5.41, 5.74) is 3.00. The first-order valence-electron chi connectivity index (χ1n) is 9.31. The molecule has 0 amide bonds. The van der Waals surface area contributed by atoms with Gasteiger partial charge < -0.3 is 9.30 Å². The van der Waals surface area contributed by atoms with E-state index in [1.165, 1.54) is 5.39 Å². The van der Waals surface area contributed by atoms with Crippen molar-refractivity contribution in [2.24, 2.45) is 0 Å². The summed E-state index contributed by atoms with van der Waals surface area (Å²) in [7, 11) is 0. The molecule has 2 aromatic heterocycles. The van der Waals surface area contributed by atoms with Gasteiger partial charge in [0.25, 0.3) is 0 Å². The number of aryl methyl sites for hydroxylation is 1. The molecule has 3 aromatic rings. The zero-order valence-electron chi connectivity index (χ0n) is 15.4. The van der Waals surface area contributed by atoms with Crippen LogP contribution in [0, 0.1) is 13.8 Å². The van der Waals surface area contributed by atoms with Crippen LogP contribution in [0.15, 0.2) is 48.8 Å². The number of fused-ring (bicyclic) bond motifs is 1. The first-order valence-corrected chi connectivity index (χ1v) is 9.31. The maximum absolute atomic E-state index is 12.9. The van der Waals surface area contributed by atoms with Crippen LogP contribution in [-0.4, -0.2) is 23.1 Å². The SMILES string of the molecule is Cc1cc(C(=O)C[n+]2ccc3ccccc3c2)c(C)n1C[C@@H]1CCCO1. The zero-order valence-corrected chi connectivity index (χ0v) is 15.4. The van der Waals surface area contributed by atoms with Gasteiger partial charge in [0.05, 0.1) is 6.10 Å². The molecule has 1 atom stereocenters. The van der Waals surface area contributed by atoms with Crippen molar-refractivity contribution in [1.29, 1.82) is 0 Å². The fraction of sp³-hybridized carbons (Fsp3) is 0.364. The van der Waals surface area contributed by atoms with Crippen molar-refractivity contribution in [3.05, 3.63) is 65.7 Å². The molecule has 0 spiro atoms. The molecule has 134 valence electrons. The molecule has 0 saturated carbocycles. The van der Waals surface area contributed by atoms with Crippen molar-refractivity contribution in [2.45, 2.75) is 45.9 Å². The lowest BCUT2D eigenvalue weighted by Crippen LogP contribution is -2.37. The minimum atomic E-state index is 0.150. The highest BCUT2D eigenvalue weighted by Crippen LogP contribution is 2.21. The summed E-state index contributed by atoms with van der Waals surface area (Å²) in [6.07, 6.45) is 6.53. The lowest BCUT2D eigenvalue weighted by molar-refractivity contribution is -0.681. The number of hydrogen-bond acceptors (Lipinski definition) is 2. The van der Waals surface area contributed by atoms with Crippen LogP contribution >= 0.6 is 0 Å². The summed E-state index contributed by atoms with van der Waals surface area (Å²) in [6, 6.07) is 12.3. The summed E-state index contributed by atoms with van der Waals surface area (Å²) in [4.78, 5) is 12.9. The molecular formula is C22H25N2O2+. The normalized spacial score (nSPS) is 17.1. The molecular weight excluding hydrogens is 324 g/mol. The molecule has 3 heterocycles. The van der Waals surface area contributed by atoms with Crippen LogP contribution in [0.2, 0.25) is 0 Å². The second kappa shape index (κ2) is 7.04. The van der Waals surface area contributed by atoms with Gasteiger partial charge in [-0.05, 0) is 44.2 Å². The summed E-state index contributed by atoms with van der Waals surface area (Å²) >= 11 is 0. The number of nitrogens with zero attached hydrogens (tertiary/aromatic N) is 2. The maximum atomic E-state index is 12.9. The van der Waals surface area contributed by atoms with Crippen molar-refractivity contribution >= 4 is 16.6 Å². The third kappa shape index (κ3) is 3.29. The number of ketones is 1. The van der Waals surface area contributed by atoms with Gasteiger partial charge in [-0.1, -0.05) is 18.2 Å². The number of carbonyl (C=O) groups is 1. The average Bonchev–Trinajstić information content (AvgIpc) is 3.25. The quantitative estimate of drug-likeness (QED) is 0.521. The van der Waals surface area contributed by atoms with E-state index in [1.807, 2.05) is 42.1 Å². The Balaban J connectivity index is 1.55. The van der Waals surface area contributed by atoms with Crippen molar-refractivity contribution in [3.8, 4) is 0 Å². The Kier molecular flexibility index (Phi) is 4.60. The summed E-state index contributed by atoms with van der Waals surface area (Å²) < 4.78 is 9.96. The number of ether oxygens (including phenoxy) is 1. The van der Waals surface area contributed by atoms with E-state index in [9.17, 15) is 4.79 Å². The Morgan fingerprint density at radius 3 is 2.81 bits per heavy atom. The van der Waals surface area contributed by atoms with Crippen LogP contribution in [0.1, 0.15) is 34.6 Å². The standard InChI is InChI=1S/C22H25N2O2/c1-16-12-21(17(2)24(16)14-20-8-5-11-26-20)22(25)15-23-10-9-18-6-3-4-7-19(18)13-23/h3-4,6-7,9-10,12-13,20H,5,8,11,14-15H2,1-2H3/q+1/t20-/m0/s1. The van der Waals surface area contributed by atoms with Crippen LogP contribution in [0.4, 0.5) is 0 Å². The summed E-state index contributed by atoms with van der Waals surface area (Å²) in [5, 5.41) is 2.33. The molecule has 0 N–H and O–H groups in total. The van der Waals surface area contributed by atoms with E-state index in [0.29, 0.717) is 6.54 Å². The Morgan fingerprint density at radius 1 is 1.23 bits per heavy atom. The Morgan fingerprint density at radius 2 is 2.04 bits per heavy atom. The van der Waals surface area contributed by atoms with Crippen LogP contribution in [0.3, 0.4) is 0 Å². The van der Waals surface area contributed by atoms with E-state index < -0.39 is 0 Å².